The van der Waals surface area contributed by atoms with Crippen molar-refractivity contribution in [3.05, 3.63) is 76.9 Å². The van der Waals surface area contributed by atoms with E-state index in [0.29, 0.717) is 28.0 Å². The number of halogens is 2. The van der Waals surface area contributed by atoms with Gasteiger partial charge >= 0.3 is 0 Å². The molecule has 7 heteroatoms. The van der Waals surface area contributed by atoms with Crippen LogP contribution < -0.4 is 0 Å². The molecule has 0 spiro atoms. The van der Waals surface area contributed by atoms with Gasteiger partial charge in [-0.15, -0.1) is 28.1 Å². The number of thioether (sulfide) groups is 1. The zero-order chi connectivity index (χ0) is 18.8. The van der Waals surface area contributed by atoms with Gasteiger partial charge in [0.1, 0.15) is 5.82 Å². The standard InChI is InChI=1S/C20H15ClFN3S2/c1-2-10-25-19(14-11-26-18-9-4-3-6-13(14)18)23-24-20(25)27-12-15-16(21)7-5-8-17(15)22/h2-9,11H,1,10,12H2. The molecule has 0 bridgehead atoms. The Morgan fingerprint density at radius 1 is 1.19 bits per heavy atom. The summed E-state index contributed by atoms with van der Waals surface area (Å²) >= 11 is 9.23. The lowest BCUT2D eigenvalue weighted by Crippen LogP contribution is -2.01. The van der Waals surface area contributed by atoms with Crippen molar-refractivity contribution in [2.45, 2.75) is 17.5 Å². The van der Waals surface area contributed by atoms with Crippen LogP contribution in [-0.2, 0) is 12.3 Å². The van der Waals surface area contributed by atoms with Crippen LogP contribution in [0.3, 0.4) is 0 Å². The summed E-state index contributed by atoms with van der Waals surface area (Å²) < 4.78 is 17.3. The van der Waals surface area contributed by atoms with E-state index in [9.17, 15) is 4.39 Å². The number of aromatic nitrogens is 3. The Hall–Kier alpha value is -2.15. The Morgan fingerprint density at radius 2 is 2.04 bits per heavy atom. The molecule has 0 aliphatic rings. The third-order valence-electron chi connectivity index (χ3n) is 4.16. The van der Waals surface area contributed by atoms with Gasteiger partial charge in [-0.05, 0) is 18.2 Å². The minimum absolute atomic E-state index is 0.311. The zero-order valence-electron chi connectivity index (χ0n) is 14.2. The zero-order valence-corrected chi connectivity index (χ0v) is 16.6. The van der Waals surface area contributed by atoms with Crippen molar-refractivity contribution in [3.63, 3.8) is 0 Å². The van der Waals surface area contributed by atoms with E-state index in [-0.39, 0.29) is 5.82 Å². The summed E-state index contributed by atoms with van der Waals surface area (Å²) in [6.07, 6.45) is 1.81. The fourth-order valence-electron chi connectivity index (χ4n) is 2.85. The number of thiophene rings is 1. The summed E-state index contributed by atoms with van der Waals surface area (Å²) in [6, 6.07) is 12.9. The van der Waals surface area contributed by atoms with Crippen molar-refractivity contribution in [2.75, 3.05) is 0 Å². The van der Waals surface area contributed by atoms with Crippen LogP contribution in [0.5, 0.6) is 0 Å². The molecule has 0 atom stereocenters. The maximum absolute atomic E-state index is 14.0. The average Bonchev–Trinajstić information content (AvgIpc) is 3.26. The molecular formula is C20H15ClFN3S2. The Labute approximate surface area is 169 Å². The quantitative estimate of drug-likeness (QED) is 0.268. The van der Waals surface area contributed by atoms with Crippen molar-refractivity contribution in [1.82, 2.24) is 14.8 Å². The topological polar surface area (TPSA) is 30.7 Å². The molecule has 2 heterocycles. The van der Waals surface area contributed by atoms with E-state index < -0.39 is 0 Å². The summed E-state index contributed by atoms with van der Waals surface area (Å²) in [5.74, 6) is 0.855. The molecular weight excluding hydrogens is 401 g/mol. The summed E-state index contributed by atoms with van der Waals surface area (Å²) in [6.45, 7) is 4.41. The molecule has 0 amide bonds. The number of rotatable bonds is 6. The van der Waals surface area contributed by atoms with Gasteiger partial charge in [-0.2, -0.15) is 0 Å². The van der Waals surface area contributed by atoms with Crippen molar-refractivity contribution >= 4 is 44.8 Å². The van der Waals surface area contributed by atoms with E-state index in [4.69, 9.17) is 11.6 Å². The van der Waals surface area contributed by atoms with E-state index in [1.165, 1.54) is 22.5 Å². The van der Waals surface area contributed by atoms with Gasteiger partial charge in [-0.1, -0.05) is 53.7 Å². The molecule has 0 saturated carbocycles. The number of nitrogens with zero attached hydrogens (tertiary/aromatic N) is 3. The molecule has 3 nitrogen and oxygen atoms in total. The van der Waals surface area contributed by atoms with Crippen LogP contribution in [0.4, 0.5) is 4.39 Å². The van der Waals surface area contributed by atoms with Crippen molar-refractivity contribution in [2.24, 2.45) is 0 Å². The first-order valence-electron chi connectivity index (χ1n) is 8.25. The molecule has 136 valence electrons. The molecule has 0 aliphatic heterocycles. The maximum atomic E-state index is 14.0. The first-order chi connectivity index (χ1) is 13.2. The molecule has 4 aromatic rings. The number of benzene rings is 2. The van der Waals surface area contributed by atoms with Crippen LogP contribution in [-0.4, -0.2) is 14.8 Å². The minimum atomic E-state index is -0.311. The second kappa shape index (κ2) is 7.84. The summed E-state index contributed by atoms with van der Waals surface area (Å²) in [5.41, 5.74) is 1.51. The van der Waals surface area contributed by atoms with Gasteiger partial charge in [0.05, 0.1) is 0 Å². The predicted molar refractivity (Wildman–Crippen MR) is 112 cm³/mol. The molecule has 0 N–H and O–H groups in total. The van der Waals surface area contributed by atoms with Crippen LogP contribution in [0.1, 0.15) is 5.56 Å². The SMILES string of the molecule is C=CCn1c(SCc2c(F)cccc2Cl)nnc1-c1csc2ccccc12. The normalized spacial score (nSPS) is 11.2. The van der Waals surface area contributed by atoms with Gasteiger partial charge in [-0.25, -0.2) is 4.39 Å². The molecule has 4 rings (SSSR count). The van der Waals surface area contributed by atoms with Gasteiger partial charge in [-0.3, -0.25) is 4.57 Å². The Balaban J connectivity index is 1.70. The van der Waals surface area contributed by atoms with Crippen LogP contribution in [0, 0.1) is 5.82 Å². The molecule has 27 heavy (non-hydrogen) atoms. The number of fused-ring (bicyclic) bond motifs is 1. The van der Waals surface area contributed by atoms with Crippen LogP contribution in [0.2, 0.25) is 5.02 Å². The second-order valence-electron chi connectivity index (χ2n) is 5.84. The molecule has 0 fully saturated rings. The fraction of sp³-hybridized carbons (Fsp3) is 0.100. The Morgan fingerprint density at radius 3 is 2.85 bits per heavy atom. The molecule has 0 aliphatic carbocycles. The van der Waals surface area contributed by atoms with E-state index in [0.717, 1.165) is 16.8 Å². The van der Waals surface area contributed by atoms with Gasteiger partial charge in [0.25, 0.3) is 0 Å². The monoisotopic (exact) mass is 415 g/mol. The highest BCUT2D eigenvalue weighted by atomic mass is 35.5. The van der Waals surface area contributed by atoms with Crippen molar-refractivity contribution < 1.29 is 4.39 Å². The van der Waals surface area contributed by atoms with Crippen molar-refractivity contribution in [3.8, 4) is 11.4 Å². The van der Waals surface area contributed by atoms with Gasteiger partial charge in [0.2, 0.25) is 0 Å². The Bertz CT molecular complexity index is 1100. The third kappa shape index (κ3) is 3.52. The Kier molecular flexibility index (Phi) is 5.29. The van der Waals surface area contributed by atoms with E-state index in [2.05, 4.69) is 34.3 Å². The molecule has 0 saturated heterocycles. The smallest absolute Gasteiger partial charge is 0.192 e. The third-order valence-corrected chi connectivity index (χ3v) is 6.47. The fourth-order valence-corrected chi connectivity index (χ4v) is 5.08. The lowest BCUT2D eigenvalue weighted by Gasteiger charge is -2.08. The van der Waals surface area contributed by atoms with Crippen molar-refractivity contribution in [1.29, 1.82) is 0 Å². The average molecular weight is 416 g/mol. The number of hydrogen-bond donors (Lipinski definition) is 0. The first-order valence-corrected chi connectivity index (χ1v) is 10.5. The number of hydrogen-bond acceptors (Lipinski definition) is 4. The summed E-state index contributed by atoms with van der Waals surface area (Å²) in [4.78, 5) is 0. The lowest BCUT2D eigenvalue weighted by atomic mass is 10.1. The highest BCUT2D eigenvalue weighted by molar-refractivity contribution is 7.98. The highest BCUT2D eigenvalue weighted by Gasteiger charge is 2.18. The van der Waals surface area contributed by atoms with E-state index >= 15 is 0 Å². The lowest BCUT2D eigenvalue weighted by molar-refractivity contribution is 0.617. The second-order valence-corrected chi connectivity index (χ2v) is 8.10. The predicted octanol–water partition coefficient (Wildman–Crippen LogP) is 6.43. The van der Waals surface area contributed by atoms with Gasteiger partial charge < -0.3 is 0 Å². The van der Waals surface area contributed by atoms with Gasteiger partial charge in [0, 0.05) is 43.9 Å². The largest absolute Gasteiger partial charge is 0.298 e. The molecule has 0 radical (unpaired) electrons. The molecule has 0 unspecified atom stereocenters. The van der Waals surface area contributed by atoms with E-state index in [1.54, 1.807) is 23.5 Å². The maximum Gasteiger partial charge on any atom is 0.192 e. The van der Waals surface area contributed by atoms with Crippen LogP contribution in [0.25, 0.3) is 21.5 Å². The highest BCUT2D eigenvalue weighted by Crippen LogP contribution is 2.35. The first kappa shape index (κ1) is 18.2. The van der Waals surface area contributed by atoms with Crippen LogP contribution >= 0.6 is 34.7 Å². The molecule has 2 aromatic heterocycles. The minimum Gasteiger partial charge on any atom is -0.298 e. The summed E-state index contributed by atoms with van der Waals surface area (Å²) in [7, 11) is 0. The summed E-state index contributed by atoms with van der Waals surface area (Å²) in [5, 5.41) is 13.1. The molecule has 2 aromatic carbocycles. The van der Waals surface area contributed by atoms with Crippen LogP contribution in [0.15, 0.2) is 65.7 Å². The van der Waals surface area contributed by atoms with Gasteiger partial charge in [0.15, 0.2) is 11.0 Å². The van der Waals surface area contributed by atoms with E-state index in [1.807, 2.05) is 22.8 Å². The number of allylic oxidation sites excluding steroid dienone is 1.